The van der Waals surface area contributed by atoms with E-state index in [0.29, 0.717) is 18.5 Å². The predicted molar refractivity (Wildman–Crippen MR) is 75.5 cm³/mol. The quantitative estimate of drug-likeness (QED) is 0.902. The monoisotopic (exact) mass is 255 g/mol. The molecule has 3 unspecified atom stereocenters. The van der Waals surface area contributed by atoms with Gasteiger partial charge in [-0.25, -0.2) is 0 Å². The Balaban J connectivity index is 1.78. The molecule has 0 amide bonds. The molecule has 100 valence electrons. The van der Waals surface area contributed by atoms with Crippen molar-refractivity contribution in [2.45, 2.75) is 43.8 Å². The van der Waals surface area contributed by atoms with Crippen LogP contribution >= 0.6 is 0 Å². The summed E-state index contributed by atoms with van der Waals surface area (Å²) >= 11 is 0. The normalized spacial score (nSPS) is 28.6. The van der Waals surface area contributed by atoms with E-state index in [0.717, 1.165) is 13.1 Å². The SMILES string of the molecule is N#CCC(c1ccccc1)N1CCC2CCC(C1)N2. The fraction of sp³-hybridized carbons (Fsp3) is 0.562. The Morgan fingerprint density at radius 1 is 1.21 bits per heavy atom. The summed E-state index contributed by atoms with van der Waals surface area (Å²) < 4.78 is 0. The van der Waals surface area contributed by atoms with Crippen molar-refractivity contribution in [2.24, 2.45) is 0 Å². The predicted octanol–water partition coefficient (Wildman–Crippen LogP) is 2.47. The van der Waals surface area contributed by atoms with Crippen molar-refractivity contribution >= 4 is 0 Å². The summed E-state index contributed by atoms with van der Waals surface area (Å²) in [6, 6.07) is 14.4. The number of nitrogens with zero attached hydrogens (tertiary/aromatic N) is 2. The third-order valence-electron chi connectivity index (χ3n) is 4.46. The number of benzene rings is 1. The van der Waals surface area contributed by atoms with Gasteiger partial charge in [0.25, 0.3) is 0 Å². The molecular weight excluding hydrogens is 234 g/mol. The Labute approximate surface area is 115 Å². The zero-order chi connectivity index (χ0) is 13.1. The summed E-state index contributed by atoms with van der Waals surface area (Å²) in [5.41, 5.74) is 1.28. The van der Waals surface area contributed by atoms with Gasteiger partial charge in [-0.15, -0.1) is 0 Å². The van der Waals surface area contributed by atoms with Crippen molar-refractivity contribution in [2.75, 3.05) is 13.1 Å². The van der Waals surface area contributed by atoms with E-state index in [1.807, 2.05) is 6.07 Å². The van der Waals surface area contributed by atoms with Gasteiger partial charge in [0.15, 0.2) is 0 Å². The third-order valence-corrected chi connectivity index (χ3v) is 4.46. The molecule has 2 aliphatic heterocycles. The number of nitrogens with one attached hydrogen (secondary N) is 1. The van der Waals surface area contributed by atoms with E-state index in [-0.39, 0.29) is 6.04 Å². The van der Waals surface area contributed by atoms with E-state index < -0.39 is 0 Å². The summed E-state index contributed by atoms with van der Waals surface area (Å²) in [6.07, 6.45) is 4.41. The molecule has 19 heavy (non-hydrogen) atoms. The smallest absolute Gasteiger partial charge is 0.0641 e. The van der Waals surface area contributed by atoms with E-state index in [9.17, 15) is 0 Å². The van der Waals surface area contributed by atoms with E-state index in [2.05, 4.69) is 40.6 Å². The summed E-state index contributed by atoms with van der Waals surface area (Å²) in [5.74, 6) is 0. The van der Waals surface area contributed by atoms with Gasteiger partial charge in [-0.1, -0.05) is 30.3 Å². The maximum absolute atomic E-state index is 9.14. The fourth-order valence-electron chi connectivity index (χ4n) is 3.47. The number of hydrogen-bond acceptors (Lipinski definition) is 3. The average molecular weight is 255 g/mol. The van der Waals surface area contributed by atoms with Crippen molar-refractivity contribution in [1.82, 2.24) is 10.2 Å². The molecule has 3 heteroatoms. The van der Waals surface area contributed by atoms with Crippen LogP contribution in [0.15, 0.2) is 30.3 Å². The van der Waals surface area contributed by atoms with Gasteiger partial charge >= 0.3 is 0 Å². The van der Waals surface area contributed by atoms with Crippen LogP contribution in [-0.4, -0.2) is 30.1 Å². The van der Waals surface area contributed by atoms with Gasteiger partial charge in [0.05, 0.1) is 12.5 Å². The van der Waals surface area contributed by atoms with Crippen LogP contribution in [0.25, 0.3) is 0 Å². The zero-order valence-electron chi connectivity index (χ0n) is 11.3. The average Bonchev–Trinajstić information content (AvgIpc) is 2.77. The van der Waals surface area contributed by atoms with Crippen LogP contribution in [0.3, 0.4) is 0 Å². The number of hydrogen-bond donors (Lipinski definition) is 1. The topological polar surface area (TPSA) is 39.1 Å². The first-order chi connectivity index (χ1) is 9.36. The molecule has 3 rings (SSSR count). The van der Waals surface area contributed by atoms with Gasteiger partial charge in [-0.3, -0.25) is 4.90 Å². The number of rotatable bonds is 3. The Morgan fingerprint density at radius 3 is 2.79 bits per heavy atom. The van der Waals surface area contributed by atoms with Crippen molar-refractivity contribution in [3.63, 3.8) is 0 Å². The highest BCUT2D eigenvalue weighted by Crippen LogP contribution is 2.29. The van der Waals surface area contributed by atoms with E-state index >= 15 is 0 Å². The minimum Gasteiger partial charge on any atom is -0.310 e. The first-order valence-corrected chi connectivity index (χ1v) is 7.29. The fourth-order valence-corrected chi connectivity index (χ4v) is 3.47. The maximum atomic E-state index is 9.14. The van der Waals surface area contributed by atoms with Crippen LogP contribution in [0.4, 0.5) is 0 Å². The highest BCUT2D eigenvalue weighted by atomic mass is 15.2. The van der Waals surface area contributed by atoms with Crippen LogP contribution < -0.4 is 5.32 Å². The minimum absolute atomic E-state index is 0.257. The first kappa shape index (κ1) is 12.7. The largest absolute Gasteiger partial charge is 0.310 e. The lowest BCUT2D eigenvalue weighted by Gasteiger charge is -2.31. The molecule has 0 spiro atoms. The molecule has 1 aromatic rings. The molecule has 2 aliphatic rings. The van der Waals surface area contributed by atoms with Gasteiger partial charge in [-0.05, 0) is 24.8 Å². The molecular formula is C16H21N3. The van der Waals surface area contributed by atoms with Crippen LogP contribution in [0.2, 0.25) is 0 Å². The molecule has 1 aromatic carbocycles. The molecule has 0 aliphatic carbocycles. The number of nitriles is 1. The maximum Gasteiger partial charge on any atom is 0.0641 e. The molecule has 2 fully saturated rings. The molecule has 0 radical (unpaired) electrons. The lowest BCUT2D eigenvalue weighted by Crippen LogP contribution is -2.37. The zero-order valence-corrected chi connectivity index (χ0v) is 11.3. The summed E-state index contributed by atoms with van der Waals surface area (Å²) in [7, 11) is 0. The number of fused-ring (bicyclic) bond motifs is 2. The summed E-state index contributed by atoms with van der Waals surface area (Å²) in [5, 5.41) is 12.8. The van der Waals surface area contributed by atoms with Crippen LogP contribution in [0.1, 0.15) is 37.3 Å². The Bertz CT molecular complexity index is 451. The molecule has 2 saturated heterocycles. The number of likely N-dealkylation sites (tertiary alicyclic amines) is 1. The van der Waals surface area contributed by atoms with Crippen molar-refractivity contribution < 1.29 is 0 Å². The van der Waals surface area contributed by atoms with Crippen molar-refractivity contribution in [1.29, 1.82) is 5.26 Å². The first-order valence-electron chi connectivity index (χ1n) is 7.29. The van der Waals surface area contributed by atoms with Crippen LogP contribution in [0.5, 0.6) is 0 Å². The Hall–Kier alpha value is -1.37. The molecule has 3 nitrogen and oxygen atoms in total. The highest BCUT2D eigenvalue weighted by Gasteiger charge is 2.32. The van der Waals surface area contributed by atoms with Gasteiger partial charge < -0.3 is 5.32 Å². The van der Waals surface area contributed by atoms with Crippen molar-refractivity contribution in [3.05, 3.63) is 35.9 Å². The highest BCUT2D eigenvalue weighted by molar-refractivity contribution is 5.20. The molecule has 0 saturated carbocycles. The second-order valence-electron chi connectivity index (χ2n) is 5.71. The second-order valence-corrected chi connectivity index (χ2v) is 5.71. The molecule has 2 heterocycles. The van der Waals surface area contributed by atoms with Crippen LogP contribution in [-0.2, 0) is 0 Å². The standard InChI is InChI=1S/C16H21N3/c17-10-8-16(13-4-2-1-3-5-13)19-11-9-14-6-7-15(12-19)18-14/h1-5,14-16,18H,6-9,11-12H2. The van der Waals surface area contributed by atoms with E-state index in [1.165, 1.54) is 24.8 Å². The van der Waals surface area contributed by atoms with E-state index in [1.54, 1.807) is 0 Å². The molecule has 2 bridgehead atoms. The molecule has 0 aromatic heterocycles. The van der Waals surface area contributed by atoms with Gasteiger partial charge in [0.1, 0.15) is 0 Å². The lowest BCUT2D eigenvalue weighted by atomic mass is 10.00. The van der Waals surface area contributed by atoms with Gasteiger partial charge in [0, 0.05) is 31.2 Å². The minimum atomic E-state index is 0.257. The summed E-state index contributed by atoms with van der Waals surface area (Å²) in [6.45, 7) is 2.19. The Morgan fingerprint density at radius 2 is 2.00 bits per heavy atom. The van der Waals surface area contributed by atoms with Crippen molar-refractivity contribution in [3.8, 4) is 6.07 Å². The summed E-state index contributed by atoms with van der Waals surface area (Å²) in [4.78, 5) is 2.51. The van der Waals surface area contributed by atoms with Gasteiger partial charge in [-0.2, -0.15) is 5.26 Å². The second kappa shape index (κ2) is 5.73. The van der Waals surface area contributed by atoms with E-state index in [4.69, 9.17) is 5.26 Å². The third kappa shape index (κ3) is 2.80. The molecule has 3 atom stereocenters. The van der Waals surface area contributed by atoms with Gasteiger partial charge in [0.2, 0.25) is 0 Å². The molecule has 1 N–H and O–H groups in total. The lowest BCUT2D eigenvalue weighted by molar-refractivity contribution is 0.189. The van der Waals surface area contributed by atoms with Crippen LogP contribution in [0, 0.1) is 11.3 Å². The Kier molecular flexibility index (Phi) is 3.82.